The summed E-state index contributed by atoms with van der Waals surface area (Å²) in [7, 11) is 3.20. The van der Waals surface area contributed by atoms with E-state index in [4.69, 9.17) is 9.47 Å². The number of aromatic carboxylic acids is 1. The number of carboxylic acid groups (broad SMARTS) is 1. The summed E-state index contributed by atoms with van der Waals surface area (Å²) >= 11 is 0. The molecular weight excluding hydrogens is 384 g/mol. The van der Waals surface area contributed by atoms with Gasteiger partial charge in [-0.2, -0.15) is 0 Å². The first kappa shape index (κ1) is 20.4. The number of carbonyl (C=O) groups is 1. The van der Waals surface area contributed by atoms with Gasteiger partial charge in [-0.25, -0.2) is 9.79 Å². The van der Waals surface area contributed by atoms with Crippen LogP contribution in [0.2, 0.25) is 0 Å². The smallest absolute Gasteiger partial charge is 0.335 e. The molecule has 0 bridgehead atoms. The zero-order chi connectivity index (χ0) is 21.1. The Morgan fingerprint density at radius 1 is 1.33 bits per heavy atom. The Labute approximate surface area is 175 Å². The minimum absolute atomic E-state index is 0.348. The van der Waals surface area contributed by atoms with Crippen molar-refractivity contribution in [2.45, 2.75) is 44.5 Å². The summed E-state index contributed by atoms with van der Waals surface area (Å²) in [6.07, 6.45) is 8.59. The van der Waals surface area contributed by atoms with Crippen molar-refractivity contribution in [3.05, 3.63) is 47.0 Å². The van der Waals surface area contributed by atoms with Crippen LogP contribution in [0.4, 0.5) is 0 Å². The lowest BCUT2D eigenvalue weighted by atomic mass is 9.95. The number of aromatic nitrogens is 1. The summed E-state index contributed by atoms with van der Waals surface area (Å²) in [4.78, 5) is 15.8. The van der Waals surface area contributed by atoms with Gasteiger partial charge in [0.05, 0.1) is 19.0 Å². The molecule has 0 radical (unpaired) electrons. The van der Waals surface area contributed by atoms with Crippen molar-refractivity contribution in [2.75, 3.05) is 20.8 Å². The van der Waals surface area contributed by atoms with Crippen LogP contribution in [0.15, 0.2) is 35.2 Å². The highest BCUT2D eigenvalue weighted by atomic mass is 16.5. The molecule has 1 aromatic carbocycles. The summed E-state index contributed by atoms with van der Waals surface area (Å²) < 4.78 is 13.2. The average molecular weight is 412 g/mol. The lowest BCUT2D eigenvalue weighted by molar-refractivity contribution is 0.00476. The molecule has 30 heavy (non-hydrogen) atoms. The van der Waals surface area contributed by atoms with Crippen molar-refractivity contribution >= 4 is 23.2 Å². The lowest BCUT2D eigenvalue weighted by Gasteiger charge is -2.29. The average Bonchev–Trinajstić information content (AvgIpc) is 3.10. The zero-order valence-corrected chi connectivity index (χ0v) is 17.4. The minimum Gasteiger partial charge on any atom is -0.482 e. The third kappa shape index (κ3) is 3.80. The fourth-order valence-electron chi connectivity index (χ4n) is 4.38. The van der Waals surface area contributed by atoms with Crippen molar-refractivity contribution in [1.29, 1.82) is 0 Å². The molecule has 1 unspecified atom stereocenters. The first-order valence-corrected chi connectivity index (χ1v) is 10.3. The predicted octanol–water partition coefficient (Wildman–Crippen LogP) is 2.62. The van der Waals surface area contributed by atoms with Crippen molar-refractivity contribution in [2.24, 2.45) is 4.99 Å². The molecule has 3 N–H and O–H groups in total. The Morgan fingerprint density at radius 3 is 2.93 bits per heavy atom. The van der Waals surface area contributed by atoms with E-state index in [1.807, 2.05) is 12.1 Å². The van der Waals surface area contributed by atoms with Gasteiger partial charge in [0, 0.05) is 42.9 Å². The van der Waals surface area contributed by atoms with Gasteiger partial charge in [0.1, 0.15) is 0 Å². The molecule has 1 atom stereocenters. The number of aliphatic imine (C=N–C) groups is 1. The highest BCUT2D eigenvalue weighted by Crippen LogP contribution is 2.33. The van der Waals surface area contributed by atoms with E-state index in [1.165, 1.54) is 17.7 Å². The normalized spacial score (nSPS) is 20.5. The van der Waals surface area contributed by atoms with Gasteiger partial charge in [-0.3, -0.25) is 5.32 Å². The van der Waals surface area contributed by atoms with Gasteiger partial charge in [-0.05, 0) is 55.9 Å². The molecular formula is C22H28N4O4. The summed E-state index contributed by atoms with van der Waals surface area (Å²) in [6, 6.07) is 5.48. The topological polar surface area (TPSA) is 97.1 Å². The molecule has 2 heterocycles. The van der Waals surface area contributed by atoms with Crippen molar-refractivity contribution in [1.82, 2.24) is 15.2 Å². The van der Waals surface area contributed by atoms with Crippen LogP contribution in [0.25, 0.3) is 10.9 Å². The number of hydrogen-bond acceptors (Lipinski definition) is 6. The molecule has 8 heteroatoms. The second kappa shape index (κ2) is 8.49. The Balaban J connectivity index is 1.52. The molecule has 0 saturated carbocycles. The minimum atomic E-state index is -0.939. The van der Waals surface area contributed by atoms with Crippen molar-refractivity contribution in [3.63, 3.8) is 0 Å². The first-order valence-electron chi connectivity index (χ1n) is 10.3. The number of rotatable bonds is 8. The maximum absolute atomic E-state index is 11.4. The molecule has 0 fully saturated rings. The van der Waals surface area contributed by atoms with Crippen LogP contribution < -0.4 is 10.6 Å². The van der Waals surface area contributed by atoms with Gasteiger partial charge in [-0.1, -0.05) is 0 Å². The van der Waals surface area contributed by atoms with Crippen LogP contribution in [0, 0.1) is 0 Å². The second-order valence-electron chi connectivity index (χ2n) is 7.62. The number of carboxylic acids is 1. The predicted molar refractivity (Wildman–Crippen MR) is 115 cm³/mol. The molecule has 8 nitrogen and oxygen atoms in total. The van der Waals surface area contributed by atoms with Crippen LogP contribution in [0.1, 0.15) is 40.9 Å². The van der Waals surface area contributed by atoms with Gasteiger partial charge in [0.25, 0.3) is 0 Å². The van der Waals surface area contributed by atoms with Crippen LogP contribution in [0.3, 0.4) is 0 Å². The van der Waals surface area contributed by atoms with E-state index >= 15 is 0 Å². The third-order valence-electron chi connectivity index (χ3n) is 5.88. The van der Waals surface area contributed by atoms with E-state index in [-0.39, 0.29) is 0 Å². The molecule has 0 amide bonds. The van der Waals surface area contributed by atoms with E-state index in [1.54, 1.807) is 32.7 Å². The number of nitrogens with zero attached hydrogens (tertiary/aromatic N) is 2. The number of benzene rings is 1. The molecule has 0 saturated heterocycles. The highest BCUT2D eigenvalue weighted by molar-refractivity contribution is 5.95. The van der Waals surface area contributed by atoms with Crippen LogP contribution >= 0.6 is 0 Å². The molecule has 2 aromatic rings. The molecule has 0 spiro atoms. The molecule has 2 aliphatic rings. The SMILES string of the molecule is COC1=CC(NCCCn2c3c(c4cc(C(=O)O)ccc42)CCCC3)(OC)N=CN1. The van der Waals surface area contributed by atoms with Crippen LogP contribution in [-0.2, 0) is 28.9 Å². The zero-order valence-electron chi connectivity index (χ0n) is 17.4. The van der Waals surface area contributed by atoms with Crippen LogP contribution in [0.5, 0.6) is 0 Å². The summed E-state index contributed by atoms with van der Waals surface area (Å²) in [5, 5.41) is 16.7. The van der Waals surface area contributed by atoms with Gasteiger partial charge >= 0.3 is 5.97 Å². The fourth-order valence-corrected chi connectivity index (χ4v) is 4.38. The second-order valence-corrected chi connectivity index (χ2v) is 7.62. The maximum Gasteiger partial charge on any atom is 0.335 e. The van der Waals surface area contributed by atoms with E-state index < -0.39 is 11.8 Å². The largest absolute Gasteiger partial charge is 0.482 e. The Bertz CT molecular complexity index is 1010. The maximum atomic E-state index is 11.4. The van der Waals surface area contributed by atoms with Crippen molar-refractivity contribution in [3.8, 4) is 0 Å². The van der Waals surface area contributed by atoms with Crippen molar-refractivity contribution < 1.29 is 19.4 Å². The van der Waals surface area contributed by atoms with Gasteiger partial charge in [0.15, 0.2) is 5.88 Å². The quantitative estimate of drug-likeness (QED) is 0.456. The molecule has 4 rings (SSSR count). The number of aryl methyl sites for hydroxylation is 2. The first-order chi connectivity index (χ1) is 14.6. The summed E-state index contributed by atoms with van der Waals surface area (Å²) in [6.45, 7) is 1.54. The fraction of sp³-hybridized carbons (Fsp3) is 0.455. The number of fused-ring (bicyclic) bond motifs is 3. The summed E-state index contributed by atoms with van der Waals surface area (Å²) in [5.41, 5.74) is 4.13. The third-order valence-corrected chi connectivity index (χ3v) is 5.88. The van der Waals surface area contributed by atoms with E-state index in [0.717, 1.165) is 43.1 Å². The van der Waals surface area contributed by atoms with E-state index in [2.05, 4.69) is 20.2 Å². The van der Waals surface area contributed by atoms with Gasteiger partial charge in [0.2, 0.25) is 5.85 Å². The Morgan fingerprint density at radius 2 is 2.17 bits per heavy atom. The molecule has 1 aliphatic carbocycles. The van der Waals surface area contributed by atoms with Gasteiger partial charge < -0.3 is 24.5 Å². The number of methoxy groups -OCH3 is 2. The van der Waals surface area contributed by atoms with E-state index in [0.29, 0.717) is 18.0 Å². The van der Waals surface area contributed by atoms with E-state index in [9.17, 15) is 9.90 Å². The monoisotopic (exact) mass is 412 g/mol. The number of nitrogens with one attached hydrogen (secondary N) is 2. The summed E-state index contributed by atoms with van der Waals surface area (Å²) in [5.74, 6) is -1.24. The Hall–Kier alpha value is -2.84. The number of hydrogen-bond donors (Lipinski definition) is 3. The molecule has 160 valence electrons. The van der Waals surface area contributed by atoms with Crippen LogP contribution in [-0.4, -0.2) is 48.6 Å². The molecule has 1 aliphatic heterocycles. The Kier molecular flexibility index (Phi) is 5.78. The number of ether oxygens (including phenoxy) is 2. The standard InChI is InChI=1S/C22H28N4O4/c1-29-20-13-22(30-2,25-14-23-20)24-10-5-11-26-18-7-4-3-6-16(18)17-12-15(21(27)28)8-9-19(17)26/h8-9,12-14,24H,3-7,10-11H2,1-2H3,(H,23,25)(H,27,28). The molecule has 1 aromatic heterocycles. The van der Waals surface area contributed by atoms with Gasteiger partial charge in [-0.15, -0.1) is 0 Å². The highest BCUT2D eigenvalue weighted by Gasteiger charge is 2.29. The lowest BCUT2D eigenvalue weighted by Crippen LogP contribution is -2.47.